The molecule has 5 nitrogen and oxygen atoms in total. The topological polar surface area (TPSA) is 58.6 Å². The summed E-state index contributed by atoms with van der Waals surface area (Å²) in [5, 5.41) is 2.68. The molecule has 0 saturated carbocycles. The molecule has 0 bridgehead atoms. The molecule has 1 fully saturated rings. The third-order valence-corrected chi connectivity index (χ3v) is 5.10. The fourth-order valence-corrected chi connectivity index (χ4v) is 3.61. The number of rotatable bonds is 3. The van der Waals surface area contributed by atoms with Crippen molar-refractivity contribution in [3.05, 3.63) is 63.1 Å². The molecule has 7 heteroatoms. The van der Waals surface area contributed by atoms with Gasteiger partial charge in [-0.3, -0.25) is 19.8 Å². The van der Waals surface area contributed by atoms with Gasteiger partial charge in [-0.1, -0.05) is 18.2 Å². The first-order valence-electron chi connectivity index (χ1n) is 8.14. The smallest absolute Gasteiger partial charge is 0.270 e. The van der Waals surface area contributed by atoms with E-state index in [-0.39, 0.29) is 10.7 Å². The fourth-order valence-electron chi connectivity index (χ4n) is 2.78. The molecule has 27 heavy (non-hydrogen) atoms. The Labute approximate surface area is 171 Å². The van der Waals surface area contributed by atoms with Crippen LogP contribution in [-0.2, 0) is 9.59 Å². The van der Waals surface area contributed by atoms with E-state index < -0.39 is 11.8 Å². The van der Waals surface area contributed by atoms with Crippen LogP contribution < -0.4 is 15.0 Å². The van der Waals surface area contributed by atoms with Crippen molar-refractivity contribution >= 4 is 56.8 Å². The molecule has 2 aromatic carbocycles. The maximum atomic E-state index is 13.1. The number of amides is 2. The number of anilines is 1. The molecule has 0 aliphatic carbocycles. The highest BCUT2D eigenvalue weighted by molar-refractivity contribution is 9.10. The Hall–Kier alpha value is -2.51. The molecule has 2 amide bonds. The van der Waals surface area contributed by atoms with Gasteiger partial charge in [0.2, 0.25) is 0 Å². The molecule has 0 radical (unpaired) electrons. The Kier molecular flexibility index (Phi) is 5.43. The Morgan fingerprint density at radius 3 is 2.56 bits per heavy atom. The van der Waals surface area contributed by atoms with Gasteiger partial charge in [-0.05, 0) is 83.0 Å². The lowest BCUT2D eigenvalue weighted by Crippen LogP contribution is -2.54. The number of aryl methyl sites for hydroxylation is 2. The molecule has 0 spiro atoms. The second kappa shape index (κ2) is 7.62. The molecule has 1 N–H and O–H groups in total. The van der Waals surface area contributed by atoms with Crippen molar-refractivity contribution in [2.75, 3.05) is 12.0 Å². The Morgan fingerprint density at radius 2 is 1.89 bits per heavy atom. The summed E-state index contributed by atoms with van der Waals surface area (Å²) in [6.45, 7) is 3.83. The SMILES string of the molecule is COc1ccc(/C=C2\C(=O)NC(=S)N(c3cc(C)ccc3C)C2=O)cc1Br. The minimum Gasteiger partial charge on any atom is -0.496 e. The van der Waals surface area contributed by atoms with Crippen LogP contribution in [0.25, 0.3) is 6.08 Å². The van der Waals surface area contributed by atoms with E-state index in [0.29, 0.717) is 17.0 Å². The van der Waals surface area contributed by atoms with E-state index in [1.807, 2.05) is 32.0 Å². The van der Waals surface area contributed by atoms with Crippen LogP contribution in [-0.4, -0.2) is 24.0 Å². The van der Waals surface area contributed by atoms with Crippen LogP contribution in [0.1, 0.15) is 16.7 Å². The lowest BCUT2D eigenvalue weighted by molar-refractivity contribution is -0.122. The number of halogens is 1. The van der Waals surface area contributed by atoms with Gasteiger partial charge in [0.25, 0.3) is 11.8 Å². The summed E-state index contributed by atoms with van der Waals surface area (Å²) in [5.74, 6) is -0.308. The van der Waals surface area contributed by atoms with Gasteiger partial charge in [0, 0.05) is 0 Å². The molecule has 1 saturated heterocycles. The maximum absolute atomic E-state index is 13.1. The quantitative estimate of drug-likeness (QED) is 0.442. The molecule has 0 atom stereocenters. The van der Waals surface area contributed by atoms with Crippen LogP contribution in [0.3, 0.4) is 0 Å². The van der Waals surface area contributed by atoms with Gasteiger partial charge in [-0.15, -0.1) is 0 Å². The number of carbonyl (C=O) groups is 2. The molecular formula is C20H17BrN2O3S. The second-order valence-corrected chi connectivity index (χ2v) is 7.38. The molecule has 0 aromatic heterocycles. The number of nitrogens with zero attached hydrogens (tertiary/aromatic N) is 1. The molecule has 2 aromatic rings. The number of ether oxygens (including phenoxy) is 1. The molecule has 3 rings (SSSR count). The van der Waals surface area contributed by atoms with Crippen LogP contribution in [0.5, 0.6) is 5.75 Å². The summed E-state index contributed by atoms with van der Waals surface area (Å²) in [4.78, 5) is 26.9. The van der Waals surface area contributed by atoms with E-state index in [9.17, 15) is 9.59 Å². The molecule has 1 aliphatic rings. The van der Waals surface area contributed by atoms with Crippen molar-refractivity contribution in [3.8, 4) is 5.75 Å². The van der Waals surface area contributed by atoms with Crippen molar-refractivity contribution in [2.45, 2.75) is 13.8 Å². The predicted molar refractivity (Wildman–Crippen MR) is 113 cm³/mol. The Bertz CT molecular complexity index is 1000. The summed E-state index contributed by atoms with van der Waals surface area (Å²) in [6, 6.07) is 11.1. The van der Waals surface area contributed by atoms with Gasteiger partial charge in [-0.25, -0.2) is 0 Å². The van der Waals surface area contributed by atoms with Crippen LogP contribution in [0.15, 0.2) is 46.4 Å². The highest BCUT2D eigenvalue weighted by Crippen LogP contribution is 2.29. The van der Waals surface area contributed by atoms with Crippen LogP contribution in [0.4, 0.5) is 5.69 Å². The molecular weight excluding hydrogens is 428 g/mol. The third kappa shape index (κ3) is 3.79. The minimum atomic E-state index is -0.515. The van der Waals surface area contributed by atoms with Crippen molar-refractivity contribution in [1.82, 2.24) is 5.32 Å². The van der Waals surface area contributed by atoms with Gasteiger partial charge >= 0.3 is 0 Å². The standard InChI is InChI=1S/C20H17BrN2O3S/c1-11-4-5-12(2)16(8-11)23-19(25)14(18(24)22-20(23)27)9-13-6-7-17(26-3)15(21)10-13/h4-10H,1-3H3,(H,22,24,27)/b14-9+. The number of thiocarbonyl (C=S) groups is 1. The zero-order chi connectivity index (χ0) is 19.7. The number of hydrogen-bond donors (Lipinski definition) is 1. The van der Waals surface area contributed by atoms with Crippen LogP contribution in [0, 0.1) is 13.8 Å². The van der Waals surface area contributed by atoms with Gasteiger partial charge < -0.3 is 4.74 Å². The third-order valence-electron chi connectivity index (χ3n) is 4.19. The van der Waals surface area contributed by atoms with E-state index in [1.54, 1.807) is 31.4 Å². The zero-order valence-electron chi connectivity index (χ0n) is 15.0. The number of carbonyl (C=O) groups excluding carboxylic acids is 2. The molecule has 1 aliphatic heterocycles. The highest BCUT2D eigenvalue weighted by Gasteiger charge is 2.35. The summed E-state index contributed by atoms with van der Waals surface area (Å²) in [5.41, 5.74) is 3.25. The number of methoxy groups -OCH3 is 1. The van der Waals surface area contributed by atoms with Gasteiger partial charge in [0.15, 0.2) is 5.11 Å². The first-order valence-corrected chi connectivity index (χ1v) is 9.34. The molecule has 138 valence electrons. The summed E-state index contributed by atoms with van der Waals surface area (Å²) >= 11 is 8.67. The van der Waals surface area contributed by atoms with Crippen molar-refractivity contribution in [3.63, 3.8) is 0 Å². The molecule has 1 heterocycles. The zero-order valence-corrected chi connectivity index (χ0v) is 17.4. The maximum Gasteiger partial charge on any atom is 0.270 e. The first kappa shape index (κ1) is 19.3. The van der Waals surface area contributed by atoms with Crippen LogP contribution in [0.2, 0.25) is 0 Å². The van der Waals surface area contributed by atoms with Gasteiger partial charge in [-0.2, -0.15) is 0 Å². The lowest BCUT2D eigenvalue weighted by atomic mass is 10.0. The normalized spacial score (nSPS) is 15.9. The van der Waals surface area contributed by atoms with Gasteiger partial charge in [0.1, 0.15) is 11.3 Å². The monoisotopic (exact) mass is 444 g/mol. The van der Waals surface area contributed by atoms with Crippen molar-refractivity contribution < 1.29 is 14.3 Å². The van der Waals surface area contributed by atoms with E-state index in [1.165, 1.54) is 4.90 Å². The number of benzene rings is 2. The fraction of sp³-hybridized carbons (Fsp3) is 0.150. The average molecular weight is 445 g/mol. The highest BCUT2D eigenvalue weighted by atomic mass is 79.9. The first-order chi connectivity index (χ1) is 12.8. The summed E-state index contributed by atoms with van der Waals surface area (Å²) < 4.78 is 5.93. The Balaban J connectivity index is 2.05. The molecule has 0 unspecified atom stereocenters. The largest absolute Gasteiger partial charge is 0.496 e. The number of hydrogen-bond acceptors (Lipinski definition) is 4. The van der Waals surface area contributed by atoms with Crippen molar-refractivity contribution in [2.24, 2.45) is 0 Å². The summed E-state index contributed by atoms with van der Waals surface area (Å²) in [6.07, 6.45) is 1.54. The predicted octanol–water partition coefficient (Wildman–Crippen LogP) is 3.91. The second-order valence-electron chi connectivity index (χ2n) is 6.14. The van der Waals surface area contributed by atoms with Crippen molar-refractivity contribution in [1.29, 1.82) is 0 Å². The van der Waals surface area contributed by atoms with Crippen LogP contribution >= 0.6 is 28.1 Å². The van der Waals surface area contributed by atoms with E-state index >= 15 is 0 Å². The van der Waals surface area contributed by atoms with E-state index in [0.717, 1.165) is 15.6 Å². The van der Waals surface area contributed by atoms with E-state index in [2.05, 4.69) is 21.2 Å². The van der Waals surface area contributed by atoms with E-state index in [4.69, 9.17) is 17.0 Å². The van der Waals surface area contributed by atoms with Gasteiger partial charge in [0.05, 0.1) is 17.3 Å². The lowest BCUT2D eigenvalue weighted by Gasteiger charge is -2.30. The Morgan fingerprint density at radius 1 is 1.15 bits per heavy atom. The number of nitrogens with one attached hydrogen (secondary N) is 1. The average Bonchev–Trinajstić information content (AvgIpc) is 2.61. The summed E-state index contributed by atoms with van der Waals surface area (Å²) in [7, 11) is 1.57. The minimum absolute atomic E-state index is 0.0153.